The summed E-state index contributed by atoms with van der Waals surface area (Å²) in [7, 11) is 0. The molecule has 1 fully saturated rings. The maximum Gasteiger partial charge on any atom is 0.0826 e. The first-order valence-electron chi connectivity index (χ1n) is 6.50. The van der Waals surface area contributed by atoms with Gasteiger partial charge in [-0.2, -0.15) is 0 Å². The summed E-state index contributed by atoms with van der Waals surface area (Å²) in [5.74, 6) is 0. The Hall–Kier alpha value is -0.120. The van der Waals surface area contributed by atoms with Crippen molar-refractivity contribution in [1.29, 1.82) is 0 Å². The molecule has 3 nitrogen and oxygen atoms in total. The lowest BCUT2D eigenvalue weighted by atomic mass is 9.88. The van der Waals surface area contributed by atoms with Crippen LogP contribution in [0.3, 0.4) is 0 Å². The highest BCUT2D eigenvalue weighted by Crippen LogP contribution is 2.18. The van der Waals surface area contributed by atoms with Gasteiger partial charge in [0.1, 0.15) is 0 Å². The summed E-state index contributed by atoms with van der Waals surface area (Å²) in [6.07, 6.45) is 0.360. The van der Waals surface area contributed by atoms with Gasteiger partial charge in [0.05, 0.1) is 12.7 Å². The zero-order valence-corrected chi connectivity index (χ0v) is 11.5. The first-order chi connectivity index (χ1) is 7.43. The summed E-state index contributed by atoms with van der Waals surface area (Å²) >= 11 is 0. The molecule has 2 unspecified atom stereocenters. The lowest BCUT2D eigenvalue weighted by Crippen LogP contribution is -2.49. The standard InChI is InChI=1S/C13H28N2O/c1-6-15-7-8-16-12(10-15)9-14-11(2)13(3,4)5/h11-12,14H,6-10H2,1-5H3. The summed E-state index contributed by atoms with van der Waals surface area (Å²) in [6, 6.07) is 0.521. The van der Waals surface area contributed by atoms with Crippen LogP contribution in [0.5, 0.6) is 0 Å². The number of morpholine rings is 1. The monoisotopic (exact) mass is 228 g/mol. The summed E-state index contributed by atoms with van der Waals surface area (Å²) in [5, 5.41) is 3.59. The van der Waals surface area contributed by atoms with Gasteiger partial charge in [-0.15, -0.1) is 0 Å². The van der Waals surface area contributed by atoms with Gasteiger partial charge >= 0.3 is 0 Å². The van der Waals surface area contributed by atoms with Gasteiger partial charge in [-0.05, 0) is 18.9 Å². The van der Waals surface area contributed by atoms with E-state index in [0.717, 1.165) is 32.8 Å². The lowest BCUT2D eigenvalue weighted by Gasteiger charge is -2.35. The van der Waals surface area contributed by atoms with Crippen LogP contribution < -0.4 is 5.32 Å². The van der Waals surface area contributed by atoms with Crippen LogP contribution in [0, 0.1) is 5.41 Å². The predicted molar refractivity (Wildman–Crippen MR) is 68.8 cm³/mol. The van der Waals surface area contributed by atoms with Crippen LogP contribution in [0.15, 0.2) is 0 Å². The Balaban J connectivity index is 2.27. The molecule has 16 heavy (non-hydrogen) atoms. The van der Waals surface area contributed by atoms with Crippen LogP contribution in [0.25, 0.3) is 0 Å². The number of hydrogen-bond donors (Lipinski definition) is 1. The Bertz CT molecular complexity index is 201. The molecule has 0 aliphatic carbocycles. The van der Waals surface area contributed by atoms with Crippen molar-refractivity contribution in [1.82, 2.24) is 10.2 Å². The molecule has 0 spiro atoms. The van der Waals surface area contributed by atoms with E-state index < -0.39 is 0 Å². The molecule has 1 aliphatic heterocycles. The van der Waals surface area contributed by atoms with Gasteiger partial charge in [-0.3, -0.25) is 4.90 Å². The largest absolute Gasteiger partial charge is 0.374 e. The molecule has 1 saturated heterocycles. The molecule has 96 valence electrons. The fourth-order valence-corrected chi connectivity index (χ4v) is 1.81. The van der Waals surface area contributed by atoms with Gasteiger partial charge in [-0.1, -0.05) is 27.7 Å². The van der Waals surface area contributed by atoms with Crippen LogP contribution in [0.1, 0.15) is 34.6 Å². The van der Waals surface area contributed by atoms with Gasteiger partial charge in [0.2, 0.25) is 0 Å². The summed E-state index contributed by atoms with van der Waals surface area (Å²) < 4.78 is 5.77. The fraction of sp³-hybridized carbons (Fsp3) is 1.00. The molecule has 0 saturated carbocycles. The first-order valence-corrected chi connectivity index (χ1v) is 6.50. The van der Waals surface area contributed by atoms with E-state index in [2.05, 4.69) is 44.8 Å². The van der Waals surface area contributed by atoms with E-state index in [1.807, 2.05) is 0 Å². The van der Waals surface area contributed by atoms with E-state index in [4.69, 9.17) is 4.74 Å². The summed E-state index contributed by atoms with van der Waals surface area (Å²) in [6.45, 7) is 16.4. The molecule has 1 heterocycles. The van der Waals surface area contributed by atoms with Gasteiger partial charge in [-0.25, -0.2) is 0 Å². The third-order valence-corrected chi connectivity index (χ3v) is 3.62. The van der Waals surface area contributed by atoms with E-state index in [0.29, 0.717) is 17.6 Å². The van der Waals surface area contributed by atoms with Gasteiger partial charge < -0.3 is 10.1 Å². The van der Waals surface area contributed by atoms with Crippen molar-refractivity contribution in [2.75, 3.05) is 32.8 Å². The number of rotatable bonds is 4. The zero-order chi connectivity index (χ0) is 12.2. The number of ether oxygens (including phenoxy) is 1. The van der Waals surface area contributed by atoms with Crippen LogP contribution in [-0.4, -0.2) is 49.8 Å². The maximum atomic E-state index is 5.77. The third kappa shape index (κ3) is 4.40. The van der Waals surface area contributed by atoms with Gasteiger partial charge in [0.25, 0.3) is 0 Å². The minimum Gasteiger partial charge on any atom is -0.374 e. The lowest BCUT2D eigenvalue weighted by molar-refractivity contribution is -0.0275. The first kappa shape index (κ1) is 13.9. The SMILES string of the molecule is CCN1CCOC(CNC(C)C(C)(C)C)C1. The predicted octanol–water partition coefficient (Wildman–Crippen LogP) is 1.73. The second-order valence-corrected chi connectivity index (χ2v) is 5.88. The number of nitrogens with zero attached hydrogens (tertiary/aromatic N) is 1. The minimum atomic E-state index is 0.319. The van der Waals surface area contributed by atoms with Crippen LogP contribution >= 0.6 is 0 Å². The molecule has 3 heteroatoms. The van der Waals surface area contributed by atoms with Crippen molar-refractivity contribution in [2.24, 2.45) is 5.41 Å². The molecule has 0 bridgehead atoms. The minimum absolute atomic E-state index is 0.319. The van der Waals surface area contributed by atoms with Crippen LogP contribution in [0.2, 0.25) is 0 Å². The van der Waals surface area contributed by atoms with E-state index >= 15 is 0 Å². The van der Waals surface area contributed by atoms with E-state index in [-0.39, 0.29) is 0 Å². The number of hydrogen-bond acceptors (Lipinski definition) is 3. The molecule has 0 radical (unpaired) electrons. The Kier molecular flexibility index (Phi) is 5.22. The highest BCUT2D eigenvalue weighted by molar-refractivity contribution is 4.79. The average molecular weight is 228 g/mol. The summed E-state index contributed by atoms with van der Waals surface area (Å²) in [5.41, 5.74) is 0.319. The molecule has 1 rings (SSSR count). The molecule has 1 aliphatic rings. The highest BCUT2D eigenvalue weighted by Gasteiger charge is 2.23. The number of nitrogens with one attached hydrogen (secondary N) is 1. The molecule has 0 amide bonds. The molecule has 1 N–H and O–H groups in total. The van der Waals surface area contributed by atoms with Gasteiger partial charge in [0.15, 0.2) is 0 Å². The third-order valence-electron chi connectivity index (χ3n) is 3.62. The average Bonchev–Trinajstić information content (AvgIpc) is 2.25. The van der Waals surface area contributed by atoms with E-state index in [1.165, 1.54) is 0 Å². The van der Waals surface area contributed by atoms with Gasteiger partial charge in [0, 0.05) is 25.7 Å². The zero-order valence-electron chi connectivity index (χ0n) is 11.5. The second kappa shape index (κ2) is 5.99. The quantitative estimate of drug-likeness (QED) is 0.793. The topological polar surface area (TPSA) is 24.5 Å². The van der Waals surface area contributed by atoms with Crippen molar-refractivity contribution < 1.29 is 4.74 Å². The van der Waals surface area contributed by atoms with Crippen molar-refractivity contribution in [2.45, 2.75) is 46.8 Å². The van der Waals surface area contributed by atoms with Crippen molar-refractivity contribution in [3.05, 3.63) is 0 Å². The van der Waals surface area contributed by atoms with E-state index in [1.54, 1.807) is 0 Å². The molecule has 0 aromatic heterocycles. The normalized spacial score (nSPS) is 25.7. The van der Waals surface area contributed by atoms with Crippen molar-refractivity contribution in [3.63, 3.8) is 0 Å². The smallest absolute Gasteiger partial charge is 0.0826 e. The highest BCUT2D eigenvalue weighted by atomic mass is 16.5. The van der Waals surface area contributed by atoms with Crippen molar-refractivity contribution in [3.8, 4) is 0 Å². The molecule has 0 aromatic carbocycles. The second-order valence-electron chi connectivity index (χ2n) is 5.88. The van der Waals surface area contributed by atoms with Crippen LogP contribution in [0.4, 0.5) is 0 Å². The van der Waals surface area contributed by atoms with Crippen molar-refractivity contribution >= 4 is 0 Å². The molecular formula is C13H28N2O. The Morgan fingerprint density at radius 3 is 2.69 bits per heavy atom. The maximum absolute atomic E-state index is 5.77. The Labute approximate surface area is 101 Å². The molecule has 2 atom stereocenters. The number of likely N-dealkylation sites (N-methyl/N-ethyl adjacent to an activating group) is 1. The molecule has 0 aromatic rings. The molecular weight excluding hydrogens is 200 g/mol. The van der Waals surface area contributed by atoms with Crippen LogP contribution in [-0.2, 0) is 4.74 Å². The Morgan fingerprint density at radius 1 is 1.44 bits per heavy atom. The summed E-state index contributed by atoms with van der Waals surface area (Å²) in [4.78, 5) is 2.46. The fourth-order valence-electron chi connectivity index (χ4n) is 1.81. The Morgan fingerprint density at radius 2 is 2.12 bits per heavy atom. The van der Waals surface area contributed by atoms with E-state index in [9.17, 15) is 0 Å².